The minimum Gasteiger partial charge on any atom is -0.454 e. The maximum atomic E-state index is 13.1. The van der Waals surface area contributed by atoms with Crippen LogP contribution in [0.1, 0.15) is 10.8 Å². The minimum atomic E-state index is -3.98. The average Bonchev–Trinajstić information content (AvgIpc) is 3.40. The summed E-state index contributed by atoms with van der Waals surface area (Å²) in [6.45, 7) is -0.322. The van der Waals surface area contributed by atoms with E-state index in [0.29, 0.717) is 17.1 Å². The molecule has 1 N–H and O–H groups in total. The smallest absolute Gasteiger partial charge is 0.240 e. The molecule has 3 aromatic rings. The fourth-order valence-electron chi connectivity index (χ4n) is 2.85. The lowest BCUT2D eigenvalue weighted by molar-refractivity contribution is 0.174. The van der Waals surface area contributed by atoms with E-state index in [4.69, 9.17) is 9.47 Å². The van der Waals surface area contributed by atoms with E-state index in [1.54, 1.807) is 23.6 Å². The molecular formula is C18H16N2O6S3. The first-order chi connectivity index (χ1) is 13.9. The summed E-state index contributed by atoms with van der Waals surface area (Å²) in [5, 5.41) is 0.530. The fourth-order valence-corrected chi connectivity index (χ4v) is 6.87. The molecule has 0 bridgehead atoms. The topological polar surface area (TPSA) is 112 Å². The highest BCUT2D eigenvalue weighted by atomic mass is 32.2. The molecule has 29 heavy (non-hydrogen) atoms. The summed E-state index contributed by atoms with van der Waals surface area (Å²) in [4.78, 5) is 3.93. The zero-order valence-corrected chi connectivity index (χ0v) is 17.3. The lowest BCUT2D eigenvalue weighted by atomic mass is 10.2. The standard InChI is InChI=1S/C18H16N2O6S3/c21-28(22,18-4-2-8-27-18)17(13-3-1-7-19-10-13)11-20-29(23,24)14-5-6-15-16(9-14)26-12-25-15/h1-10,17,20H,11-12H2/t17-/m0/s1. The number of benzene rings is 1. The van der Waals surface area contributed by atoms with Gasteiger partial charge in [-0.3, -0.25) is 4.98 Å². The lowest BCUT2D eigenvalue weighted by Gasteiger charge is -2.18. The van der Waals surface area contributed by atoms with E-state index in [1.807, 2.05) is 0 Å². The second-order valence-corrected chi connectivity index (χ2v) is 11.2. The molecular weight excluding hydrogens is 436 g/mol. The molecule has 1 atom stereocenters. The molecule has 152 valence electrons. The Bertz CT molecular complexity index is 1210. The number of sulfone groups is 1. The molecule has 0 spiro atoms. The molecule has 0 saturated carbocycles. The molecule has 11 heteroatoms. The molecule has 0 radical (unpaired) electrons. The number of ether oxygens (including phenoxy) is 2. The third kappa shape index (κ3) is 3.99. The number of rotatable bonds is 7. The van der Waals surface area contributed by atoms with Crippen LogP contribution >= 0.6 is 11.3 Å². The van der Waals surface area contributed by atoms with Crippen LogP contribution in [0.3, 0.4) is 0 Å². The summed E-state index contributed by atoms with van der Waals surface area (Å²) in [5.41, 5.74) is 0.397. The Labute approximate surface area is 172 Å². The maximum absolute atomic E-state index is 13.1. The van der Waals surface area contributed by atoms with E-state index in [0.717, 1.165) is 11.3 Å². The molecule has 2 aromatic heterocycles. The summed E-state index contributed by atoms with van der Waals surface area (Å²) in [5.74, 6) is 0.778. The van der Waals surface area contributed by atoms with Crippen molar-refractivity contribution in [3.05, 3.63) is 65.8 Å². The van der Waals surface area contributed by atoms with Crippen molar-refractivity contribution in [2.75, 3.05) is 13.3 Å². The van der Waals surface area contributed by atoms with Crippen molar-refractivity contribution in [1.29, 1.82) is 0 Å². The first kappa shape index (κ1) is 19.8. The van der Waals surface area contributed by atoms with Crippen LogP contribution in [0.2, 0.25) is 0 Å². The highest BCUT2D eigenvalue weighted by Gasteiger charge is 2.32. The Morgan fingerprint density at radius 3 is 2.62 bits per heavy atom. The number of aromatic nitrogens is 1. The predicted octanol–water partition coefficient (Wildman–Crippen LogP) is 2.37. The van der Waals surface area contributed by atoms with Gasteiger partial charge in [0, 0.05) is 25.0 Å². The Hall–Kier alpha value is -2.47. The Kier molecular flexibility index (Phi) is 5.30. The number of nitrogens with zero attached hydrogens (tertiary/aromatic N) is 1. The molecule has 0 amide bonds. The molecule has 0 saturated heterocycles. The summed E-state index contributed by atoms with van der Waals surface area (Å²) in [6.07, 6.45) is 2.94. The summed E-state index contributed by atoms with van der Waals surface area (Å²) in [6, 6.07) is 10.6. The van der Waals surface area contributed by atoms with Gasteiger partial charge in [-0.25, -0.2) is 21.6 Å². The molecule has 3 heterocycles. The summed E-state index contributed by atoms with van der Waals surface area (Å²) in [7, 11) is -7.80. The van der Waals surface area contributed by atoms with Crippen LogP contribution in [-0.2, 0) is 19.9 Å². The van der Waals surface area contributed by atoms with Gasteiger partial charge in [-0.2, -0.15) is 0 Å². The van der Waals surface area contributed by atoms with Crippen LogP contribution in [-0.4, -0.2) is 35.2 Å². The van der Waals surface area contributed by atoms with Gasteiger partial charge in [0.25, 0.3) is 0 Å². The van der Waals surface area contributed by atoms with Gasteiger partial charge < -0.3 is 9.47 Å². The van der Waals surface area contributed by atoms with Crippen molar-refractivity contribution >= 4 is 31.2 Å². The van der Waals surface area contributed by atoms with Crippen LogP contribution in [0, 0.1) is 0 Å². The normalized spacial score (nSPS) is 14.6. The van der Waals surface area contributed by atoms with E-state index in [-0.39, 0.29) is 22.4 Å². The van der Waals surface area contributed by atoms with Crippen molar-refractivity contribution in [3.8, 4) is 11.5 Å². The van der Waals surface area contributed by atoms with E-state index < -0.39 is 25.1 Å². The monoisotopic (exact) mass is 452 g/mol. The molecule has 0 fully saturated rings. The van der Waals surface area contributed by atoms with Crippen LogP contribution in [0.4, 0.5) is 0 Å². The molecule has 8 nitrogen and oxygen atoms in total. The van der Waals surface area contributed by atoms with Gasteiger partial charge in [0.2, 0.25) is 16.8 Å². The van der Waals surface area contributed by atoms with Crippen LogP contribution in [0.25, 0.3) is 0 Å². The second-order valence-electron chi connectivity index (χ2n) is 6.12. The highest BCUT2D eigenvalue weighted by molar-refractivity contribution is 7.93. The number of hydrogen-bond acceptors (Lipinski definition) is 8. The first-order valence-electron chi connectivity index (χ1n) is 8.44. The third-order valence-electron chi connectivity index (χ3n) is 4.32. The minimum absolute atomic E-state index is 0.0222. The number of pyridine rings is 1. The van der Waals surface area contributed by atoms with Crippen LogP contribution in [0.15, 0.2) is 69.3 Å². The number of thiophene rings is 1. The molecule has 4 rings (SSSR count). The fraction of sp³-hybridized carbons (Fsp3) is 0.167. The molecule has 1 aliphatic rings. The van der Waals surface area contributed by atoms with Gasteiger partial charge >= 0.3 is 0 Å². The second kappa shape index (κ2) is 7.75. The number of fused-ring (bicyclic) bond motifs is 1. The Morgan fingerprint density at radius 2 is 1.90 bits per heavy atom. The van der Waals surface area contributed by atoms with Gasteiger partial charge in [0.05, 0.1) is 4.90 Å². The average molecular weight is 453 g/mol. The predicted molar refractivity (Wildman–Crippen MR) is 106 cm³/mol. The van der Waals surface area contributed by atoms with Crippen LogP contribution in [0.5, 0.6) is 11.5 Å². The zero-order valence-electron chi connectivity index (χ0n) is 14.9. The zero-order chi connectivity index (χ0) is 20.5. The Morgan fingerprint density at radius 1 is 1.07 bits per heavy atom. The molecule has 0 unspecified atom stereocenters. The highest BCUT2D eigenvalue weighted by Crippen LogP contribution is 2.34. The van der Waals surface area contributed by atoms with Crippen molar-refractivity contribution in [3.63, 3.8) is 0 Å². The van der Waals surface area contributed by atoms with Crippen molar-refractivity contribution in [1.82, 2.24) is 9.71 Å². The maximum Gasteiger partial charge on any atom is 0.240 e. The SMILES string of the molecule is O=S(=O)(NC[C@@H](c1cccnc1)S(=O)(=O)c1cccs1)c1ccc2c(c1)OCO2. The van der Waals surface area contributed by atoms with Gasteiger partial charge in [0.15, 0.2) is 21.3 Å². The van der Waals surface area contributed by atoms with Crippen molar-refractivity contribution in [2.45, 2.75) is 14.4 Å². The van der Waals surface area contributed by atoms with Gasteiger partial charge in [-0.05, 0) is 35.2 Å². The van der Waals surface area contributed by atoms with Crippen molar-refractivity contribution in [2.24, 2.45) is 0 Å². The first-order valence-corrected chi connectivity index (χ1v) is 12.4. The third-order valence-corrected chi connectivity index (χ3v) is 9.27. The van der Waals surface area contributed by atoms with E-state index >= 15 is 0 Å². The van der Waals surface area contributed by atoms with Crippen molar-refractivity contribution < 1.29 is 26.3 Å². The number of nitrogens with one attached hydrogen (secondary N) is 1. The lowest BCUT2D eigenvalue weighted by Crippen LogP contribution is -2.31. The van der Waals surface area contributed by atoms with Gasteiger partial charge in [-0.1, -0.05) is 12.1 Å². The largest absolute Gasteiger partial charge is 0.454 e. The van der Waals surface area contributed by atoms with E-state index in [2.05, 4.69) is 9.71 Å². The number of hydrogen-bond donors (Lipinski definition) is 1. The quantitative estimate of drug-likeness (QED) is 0.586. The van der Waals surface area contributed by atoms with Gasteiger partial charge in [0.1, 0.15) is 9.46 Å². The molecule has 0 aliphatic carbocycles. The molecule has 1 aromatic carbocycles. The number of sulfonamides is 1. The van der Waals surface area contributed by atoms with E-state index in [1.165, 1.54) is 36.7 Å². The summed E-state index contributed by atoms with van der Waals surface area (Å²) < 4.78 is 64.7. The van der Waals surface area contributed by atoms with Crippen LogP contribution < -0.4 is 14.2 Å². The van der Waals surface area contributed by atoms with Gasteiger partial charge in [-0.15, -0.1) is 11.3 Å². The summed E-state index contributed by atoms with van der Waals surface area (Å²) >= 11 is 1.08. The molecule has 1 aliphatic heterocycles. The Balaban J connectivity index is 1.63. The van der Waals surface area contributed by atoms with E-state index in [9.17, 15) is 16.8 Å².